The van der Waals surface area contributed by atoms with Crippen molar-refractivity contribution in [1.29, 1.82) is 0 Å². The first-order chi connectivity index (χ1) is 25.7. The Hall–Kier alpha value is -2.34. The summed E-state index contributed by atoms with van der Waals surface area (Å²) in [6.07, 6.45) is 0. The maximum Gasteiger partial charge on any atom is 0.466 e. The van der Waals surface area contributed by atoms with Crippen molar-refractivity contribution in [3.63, 3.8) is 0 Å². The van der Waals surface area contributed by atoms with E-state index in [4.69, 9.17) is 57.7 Å². The van der Waals surface area contributed by atoms with Crippen molar-refractivity contribution in [1.82, 2.24) is 12.9 Å². The van der Waals surface area contributed by atoms with E-state index in [9.17, 15) is 40.6 Å². The fourth-order valence-corrected chi connectivity index (χ4v) is 9.22. The Bertz CT molecular complexity index is 2360. The molecule has 4 aromatic carbocycles. The number of nitrogens with one attached hydrogen (secondary N) is 1. The Morgan fingerprint density at radius 1 is 0.491 bits per heavy atom. The molecule has 0 aliphatic heterocycles. The summed E-state index contributed by atoms with van der Waals surface area (Å²) in [7, 11) is -21.3. The quantitative estimate of drug-likeness (QED) is 0.0494. The molecule has 0 aliphatic rings. The molecule has 0 bridgehead atoms. The van der Waals surface area contributed by atoms with E-state index in [1.807, 2.05) is 0 Å². The first-order valence-electron chi connectivity index (χ1n) is 15.2. The van der Waals surface area contributed by atoms with Crippen LogP contribution in [-0.2, 0) is 43.8 Å². The van der Waals surface area contributed by atoms with Crippen molar-refractivity contribution in [2.24, 2.45) is 0 Å². The van der Waals surface area contributed by atoms with Gasteiger partial charge in [0.15, 0.2) is 0 Å². The van der Waals surface area contributed by atoms with Gasteiger partial charge < -0.3 is 64.7 Å². The van der Waals surface area contributed by atoms with Gasteiger partial charge in [-0.05, 0) is 12.1 Å². The smallest absolute Gasteiger partial charge is 0.395 e. The Balaban J connectivity index is 0.000000921. The molecular weight excluding hydrogens is 893 g/mol. The molecule has 0 spiro atoms. The third kappa shape index (κ3) is 14.7. The second kappa shape index (κ2) is 20.3. The van der Waals surface area contributed by atoms with Gasteiger partial charge in [0, 0.05) is 85.8 Å². The van der Waals surface area contributed by atoms with E-state index in [1.165, 1.54) is 39.3 Å². The van der Waals surface area contributed by atoms with Crippen LogP contribution >= 0.6 is 23.5 Å². The van der Waals surface area contributed by atoms with Crippen LogP contribution in [0.3, 0.4) is 0 Å². The topological polar surface area (TPSA) is 418 Å². The van der Waals surface area contributed by atoms with Crippen LogP contribution < -0.4 is 5.32 Å². The lowest BCUT2D eigenvalue weighted by molar-refractivity contribution is 0.266. The average molecular weight is 937 g/mol. The summed E-state index contributed by atoms with van der Waals surface area (Å²) in [5.41, 5.74) is 0.403. The minimum Gasteiger partial charge on any atom is -0.395 e. The fraction of sp³-hybridized carbons (Fsp3) is 0.385. The summed E-state index contributed by atoms with van der Waals surface area (Å²) in [5, 5.41) is 32.9. The van der Waals surface area contributed by atoms with E-state index in [1.54, 1.807) is 19.2 Å². The van der Waals surface area contributed by atoms with Gasteiger partial charge in [-0.15, -0.1) is 0 Å². The first kappa shape index (κ1) is 52.7. The van der Waals surface area contributed by atoms with Crippen molar-refractivity contribution in [2.45, 2.75) is 14.7 Å². The van der Waals surface area contributed by atoms with E-state index in [0.29, 0.717) is 16.5 Å². The number of hydrogen-bond acceptors (Lipinski definition) is 13. The monoisotopic (exact) mass is 936 g/mol. The molecular formula is C26H43N4O21P3S3. The molecule has 57 heavy (non-hydrogen) atoms. The lowest BCUT2D eigenvalue weighted by atomic mass is 9.93. The van der Waals surface area contributed by atoms with Crippen molar-refractivity contribution >= 4 is 91.5 Å². The van der Waals surface area contributed by atoms with Gasteiger partial charge in [-0.3, -0.25) is 0 Å². The van der Waals surface area contributed by atoms with E-state index in [0.717, 1.165) is 19.0 Å². The summed E-state index contributed by atoms with van der Waals surface area (Å²) in [4.78, 5) is 63.9. The van der Waals surface area contributed by atoms with Crippen LogP contribution in [0.5, 0.6) is 0 Å². The second-order valence-corrected chi connectivity index (χ2v) is 20.4. The summed E-state index contributed by atoms with van der Waals surface area (Å²) >= 11 is 0. The number of hydrogen-bond donors (Lipinski definition) is 13. The molecule has 25 nitrogen and oxygen atoms in total. The molecule has 326 valence electrons. The first-order valence-corrected chi connectivity index (χ1v) is 24.2. The molecule has 0 saturated carbocycles. The Kier molecular flexibility index (Phi) is 18.7. The van der Waals surface area contributed by atoms with Crippen molar-refractivity contribution in [3.05, 3.63) is 36.4 Å². The van der Waals surface area contributed by atoms with Crippen molar-refractivity contribution in [2.75, 3.05) is 73.0 Å². The average Bonchev–Trinajstić information content (AvgIpc) is 3.04. The van der Waals surface area contributed by atoms with Crippen LogP contribution in [0, 0.1) is 0 Å². The molecule has 0 heterocycles. The van der Waals surface area contributed by atoms with Crippen LogP contribution in [0.25, 0.3) is 32.3 Å². The molecule has 4 aromatic rings. The number of likely N-dealkylation sites (N-methyl/N-ethyl adjacent to an activating group) is 3. The number of aliphatic hydroxyl groups is 3. The highest BCUT2D eigenvalue weighted by Gasteiger charge is 2.33. The fourth-order valence-electron chi connectivity index (χ4n) is 5.03. The zero-order chi connectivity index (χ0) is 44.7. The van der Waals surface area contributed by atoms with E-state index in [2.05, 4.69) is 5.32 Å². The highest BCUT2D eigenvalue weighted by atomic mass is 32.2. The number of rotatable bonds is 13. The van der Waals surface area contributed by atoms with Crippen LogP contribution in [-0.4, -0.2) is 165 Å². The van der Waals surface area contributed by atoms with Crippen LogP contribution in [0.15, 0.2) is 51.1 Å². The van der Waals surface area contributed by atoms with Gasteiger partial charge >= 0.3 is 23.5 Å². The lowest BCUT2D eigenvalue weighted by Gasteiger charge is -2.24. The van der Waals surface area contributed by atoms with Gasteiger partial charge in [0.05, 0.1) is 34.5 Å². The minimum absolute atomic E-state index is 0.114. The van der Waals surface area contributed by atoms with Crippen LogP contribution in [0.1, 0.15) is 0 Å². The lowest BCUT2D eigenvalue weighted by Crippen LogP contribution is -2.31. The predicted molar refractivity (Wildman–Crippen MR) is 203 cm³/mol. The predicted octanol–water partition coefficient (Wildman–Crippen LogP) is -2.32. The highest BCUT2D eigenvalue weighted by molar-refractivity contribution is 7.90. The molecule has 0 saturated heterocycles. The third-order valence-corrected chi connectivity index (χ3v) is 13.1. The normalized spacial score (nSPS) is 13.0. The molecule has 13 N–H and O–H groups in total. The summed E-state index contributed by atoms with van der Waals surface area (Å²) in [6.45, 7) is -2.02. The zero-order valence-corrected chi connectivity index (χ0v) is 35.3. The SMILES string of the molecule is CNc1cc(S(=O)(=O)N(C)CCO)c2ccc3c(S(=O)(=O)N(C)CCO)cc(S(=O)(=O)N(C)CCO)c4ccc1c2c43.O=P(O)(O)O.O=P(O)(O)O.O=P(O)(O)O. The second-order valence-electron chi connectivity index (χ2n) is 11.3. The minimum atomic E-state index is -4.64. The number of nitrogens with zero attached hydrogens (tertiary/aromatic N) is 3. The molecule has 31 heteroatoms. The zero-order valence-electron chi connectivity index (χ0n) is 30.2. The molecule has 0 amide bonds. The number of aliphatic hydroxyl groups excluding tert-OH is 3. The Labute approximate surface area is 325 Å². The molecule has 4 rings (SSSR count). The largest absolute Gasteiger partial charge is 0.466 e. The van der Waals surface area contributed by atoms with E-state index in [-0.39, 0.29) is 55.9 Å². The number of sulfonamides is 3. The molecule has 0 aromatic heterocycles. The number of anilines is 1. The van der Waals surface area contributed by atoms with E-state index >= 15 is 0 Å². The summed E-state index contributed by atoms with van der Waals surface area (Å²) in [5.74, 6) is 0. The van der Waals surface area contributed by atoms with E-state index < -0.39 is 73.4 Å². The summed E-state index contributed by atoms with van der Waals surface area (Å²) in [6, 6.07) is 8.64. The maximum atomic E-state index is 13.8. The Morgan fingerprint density at radius 2 is 0.719 bits per heavy atom. The molecule has 0 aliphatic carbocycles. The van der Waals surface area contributed by atoms with Crippen molar-refractivity contribution in [3.8, 4) is 0 Å². The van der Waals surface area contributed by atoms with Gasteiger partial charge in [0.1, 0.15) is 0 Å². The van der Waals surface area contributed by atoms with Gasteiger partial charge in [-0.2, -0.15) is 12.9 Å². The molecule has 0 radical (unpaired) electrons. The highest BCUT2D eigenvalue weighted by Crippen LogP contribution is 2.45. The van der Waals surface area contributed by atoms with Gasteiger partial charge in [-0.25, -0.2) is 38.9 Å². The third-order valence-electron chi connectivity index (χ3n) is 7.36. The number of phosphoric acid groups is 3. The maximum absolute atomic E-state index is 13.8. The standard InChI is InChI=1S/C26H34N4O9S3.3H3O4P/c1-27-21-15-22(40(34,35)28(2)9-12-31)18-7-8-20-24(42(38,39)30(4)11-14-33)16-23(41(36,37)29(3)10-13-32)19-6-5-17(21)25(18)26(19)20;3*1-5(2,3)4/h5-8,15-16,27,31-33H,9-14H2,1-4H3;3*(H3,1,2,3,4). The van der Waals surface area contributed by atoms with Crippen molar-refractivity contribution < 1.29 is 98.3 Å². The van der Waals surface area contributed by atoms with Gasteiger partial charge in [0.2, 0.25) is 30.1 Å². The molecule has 0 atom stereocenters. The molecule has 0 unspecified atom stereocenters. The number of benzene rings is 4. The molecule has 0 fully saturated rings. The van der Waals surface area contributed by atoms with Gasteiger partial charge in [0.25, 0.3) is 0 Å². The van der Waals surface area contributed by atoms with Crippen LogP contribution in [0.2, 0.25) is 0 Å². The van der Waals surface area contributed by atoms with Crippen LogP contribution in [0.4, 0.5) is 5.69 Å². The summed E-state index contributed by atoms with van der Waals surface area (Å²) < 4.78 is 112. The Morgan fingerprint density at radius 3 is 0.965 bits per heavy atom. The van der Waals surface area contributed by atoms with Gasteiger partial charge in [-0.1, -0.05) is 24.3 Å².